The van der Waals surface area contributed by atoms with E-state index in [1.54, 1.807) is 0 Å². The van der Waals surface area contributed by atoms with Crippen LogP contribution in [0.15, 0.2) is 15.9 Å². The van der Waals surface area contributed by atoms with Crippen LogP contribution in [0.1, 0.15) is 24.6 Å². The molecule has 3 heteroatoms. The first kappa shape index (κ1) is 8.73. The van der Waals surface area contributed by atoms with Crippen molar-refractivity contribution in [2.24, 2.45) is 0 Å². The van der Waals surface area contributed by atoms with E-state index in [1.165, 1.54) is 22.2 Å². The number of halogens is 1. The Morgan fingerprint density at radius 2 is 2.42 bits per heavy atom. The molecule has 2 rings (SSSR count). The summed E-state index contributed by atoms with van der Waals surface area (Å²) < 4.78 is 1.20. The van der Waals surface area contributed by atoms with Crippen LogP contribution in [0.2, 0.25) is 0 Å². The van der Waals surface area contributed by atoms with Crippen molar-refractivity contribution in [2.45, 2.75) is 31.8 Å². The van der Waals surface area contributed by atoms with Gasteiger partial charge in [-0.1, -0.05) is 0 Å². The molecule has 1 saturated carbocycles. The van der Waals surface area contributed by atoms with Crippen molar-refractivity contribution in [1.29, 1.82) is 0 Å². The van der Waals surface area contributed by atoms with Crippen molar-refractivity contribution >= 4 is 27.3 Å². The zero-order valence-corrected chi connectivity index (χ0v) is 9.46. The van der Waals surface area contributed by atoms with E-state index in [0.717, 1.165) is 6.54 Å². The molecule has 0 bridgehead atoms. The lowest BCUT2D eigenvalue weighted by Crippen LogP contribution is -2.26. The molecule has 1 fully saturated rings. The van der Waals surface area contributed by atoms with Crippen molar-refractivity contribution in [3.8, 4) is 0 Å². The van der Waals surface area contributed by atoms with Gasteiger partial charge in [-0.15, -0.1) is 11.3 Å². The van der Waals surface area contributed by atoms with Crippen LogP contribution in [0.25, 0.3) is 0 Å². The normalized spacial score (nSPS) is 19.5. The Morgan fingerprint density at radius 3 is 2.92 bits per heavy atom. The molecular weight excluding hydrogens is 234 g/mol. The molecule has 0 spiro atoms. The molecule has 1 aliphatic rings. The van der Waals surface area contributed by atoms with Crippen LogP contribution in [-0.2, 0) is 6.54 Å². The van der Waals surface area contributed by atoms with Crippen LogP contribution < -0.4 is 5.32 Å². The number of rotatable bonds is 3. The predicted molar refractivity (Wildman–Crippen MR) is 56.5 cm³/mol. The second kappa shape index (κ2) is 3.13. The van der Waals surface area contributed by atoms with Gasteiger partial charge in [-0.05, 0) is 41.8 Å². The van der Waals surface area contributed by atoms with Crippen LogP contribution in [-0.4, -0.2) is 5.54 Å². The van der Waals surface area contributed by atoms with Crippen LogP contribution in [0, 0.1) is 0 Å². The van der Waals surface area contributed by atoms with Crippen LogP contribution in [0.4, 0.5) is 0 Å². The molecule has 1 heterocycles. The minimum absolute atomic E-state index is 0.455. The first-order chi connectivity index (χ1) is 5.68. The van der Waals surface area contributed by atoms with Crippen molar-refractivity contribution < 1.29 is 0 Å². The number of nitrogens with one attached hydrogen (secondary N) is 1. The fourth-order valence-electron chi connectivity index (χ4n) is 1.11. The predicted octanol–water partition coefficient (Wildman–Crippen LogP) is 3.15. The molecule has 1 aromatic heterocycles. The highest BCUT2D eigenvalue weighted by Crippen LogP contribution is 2.34. The number of thiophene rings is 1. The highest BCUT2D eigenvalue weighted by molar-refractivity contribution is 9.10. The molecule has 0 amide bonds. The van der Waals surface area contributed by atoms with E-state index in [4.69, 9.17) is 0 Å². The van der Waals surface area contributed by atoms with Gasteiger partial charge in [0.2, 0.25) is 0 Å². The summed E-state index contributed by atoms with van der Waals surface area (Å²) in [6.07, 6.45) is 2.67. The molecule has 0 saturated heterocycles. The highest BCUT2D eigenvalue weighted by Gasteiger charge is 2.36. The first-order valence-electron chi connectivity index (χ1n) is 4.16. The van der Waals surface area contributed by atoms with Crippen LogP contribution >= 0.6 is 27.3 Å². The second-order valence-electron chi connectivity index (χ2n) is 3.65. The Bertz CT molecular complexity index is 278. The third-order valence-corrected chi connectivity index (χ3v) is 4.01. The molecule has 1 aliphatic carbocycles. The van der Waals surface area contributed by atoms with Crippen molar-refractivity contribution in [1.82, 2.24) is 5.32 Å². The molecule has 0 radical (unpaired) electrons. The quantitative estimate of drug-likeness (QED) is 0.863. The molecule has 0 aliphatic heterocycles. The monoisotopic (exact) mass is 245 g/mol. The van der Waals surface area contributed by atoms with E-state index >= 15 is 0 Å². The minimum Gasteiger partial charge on any atom is -0.307 e. The van der Waals surface area contributed by atoms with E-state index in [2.05, 4.69) is 39.6 Å². The lowest BCUT2D eigenvalue weighted by Gasteiger charge is -2.08. The summed E-state index contributed by atoms with van der Waals surface area (Å²) in [5, 5.41) is 5.68. The molecule has 0 unspecified atom stereocenters. The van der Waals surface area contributed by atoms with Gasteiger partial charge in [0.25, 0.3) is 0 Å². The van der Waals surface area contributed by atoms with Gasteiger partial charge in [-0.25, -0.2) is 0 Å². The Kier molecular flexibility index (Phi) is 2.27. The summed E-state index contributed by atoms with van der Waals surface area (Å²) in [5.41, 5.74) is 0.455. The lowest BCUT2D eigenvalue weighted by atomic mass is 10.3. The highest BCUT2D eigenvalue weighted by atomic mass is 79.9. The summed E-state index contributed by atoms with van der Waals surface area (Å²) >= 11 is 5.26. The summed E-state index contributed by atoms with van der Waals surface area (Å²) in [6, 6.07) is 2.18. The van der Waals surface area contributed by atoms with Gasteiger partial charge in [-0.3, -0.25) is 0 Å². The van der Waals surface area contributed by atoms with Gasteiger partial charge in [0.1, 0.15) is 0 Å². The molecule has 1 nitrogen and oxygen atoms in total. The van der Waals surface area contributed by atoms with Crippen molar-refractivity contribution in [2.75, 3.05) is 0 Å². The molecule has 0 aromatic carbocycles. The topological polar surface area (TPSA) is 12.0 Å². The Balaban J connectivity index is 1.87. The standard InChI is InChI=1S/C9H12BrNS/c1-9(2-3-9)11-5-8-4-7(10)6-12-8/h4,6,11H,2-3,5H2,1H3. The minimum atomic E-state index is 0.455. The maximum absolute atomic E-state index is 3.55. The van der Waals surface area contributed by atoms with E-state index in [1.807, 2.05) is 11.3 Å². The van der Waals surface area contributed by atoms with Gasteiger partial charge < -0.3 is 5.32 Å². The van der Waals surface area contributed by atoms with Crippen LogP contribution in [0.5, 0.6) is 0 Å². The molecule has 66 valence electrons. The average Bonchev–Trinajstić information content (AvgIpc) is 2.60. The molecule has 1 N–H and O–H groups in total. The van der Waals surface area contributed by atoms with Gasteiger partial charge in [0.15, 0.2) is 0 Å². The maximum atomic E-state index is 3.55. The third-order valence-electron chi connectivity index (χ3n) is 2.31. The third kappa shape index (κ3) is 2.09. The fourth-order valence-corrected chi connectivity index (χ4v) is 2.50. The molecule has 12 heavy (non-hydrogen) atoms. The largest absolute Gasteiger partial charge is 0.307 e. The zero-order chi connectivity index (χ0) is 8.60. The van der Waals surface area contributed by atoms with E-state index in [-0.39, 0.29) is 0 Å². The van der Waals surface area contributed by atoms with Gasteiger partial charge in [0, 0.05) is 26.8 Å². The van der Waals surface area contributed by atoms with E-state index < -0.39 is 0 Å². The van der Waals surface area contributed by atoms with E-state index in [9.17, 15) is 0 Å². The van der Waals surface area contributed by atoms with Gasteiger partial charge in [0.05, 0.1) is 0 Å². The summed E-state index contributed by atoms with van der Waals surface area (Å²) in [6.45, 7) is 3.31. The molecular formula is C9H12BrNS. The number of hydrogen-bond donors (Lipinski definition) is 1. The zero-order valence-electron chi connectivity index (χ0n) is 7.06. The smallest absolute Gasteiger partial charge is 0.0305 e. The average molecular weight is 246 g/mol. The summed E-state index contributed by atoms with van der Waals surface area (Å²) in [7, 11) is 0. The fraction of sp³-hybridized carbons (Fsp3) is 0.556. The summed E-state index contributed by atoms with van der Waals surface area (Å²) in [5.74, 6) is 0. The van der Waals surface area contributed by atoms with Gasteiger partial charge in [-0.2, -0.15) is 0 Å². The SMILES string of the molecule is CC1(NCc2cc(Br)cs2)CC1. The van der Waals surface area contributed by atoms with E-state index in [0.29, 0.717) is 5.54 Å². The Morgan fingerprint density at radius 1 is 1.67 bits per heavy atom. The maximum Gasteiger partial charge on any atom is 0.0305 e. The Hall–Kier alpha value is 0.140. The number of hydrogen-bond acceptors (Lipinski definition) is 2. The van der Waals surface area contributed by atoms with Gasteiger partial charge >= 0.3 is 0 Å². The lowest BCUT2D eigenvalue weighted by molar-refractivity contribution is 0.541. The summed E-state index contributed by atoms with van der Waals surface area (Å²) in [4.78, 5) is 1.41. The Labute approximate surface area is 85.3 Å². The van der Waals surface area contributed by atoms with Crippen molar-refractivity contribution in [3.05, 3.63) is 20.8 Å². The molecule has 1 aromatic rings. The molecule has 0 atom stereocenters. The second-order valence-corrected chi connectivity index (χ2v) is 5.56. The first-order valence-corrected chi connectivity index (χ1v) is 5.83. The van der Waals surface area contributed by atoms with Crippen LogP contribution in [0.3, 0.4) is 0 Å². The van der Waals surface area contributed by atoms with Crippen molar-refractivity contribution in [3.63, 3.8) is 0 Å².